The summed E-state index contributed by atoms with van der Waals surface area (Å²) in [6.45, 7) is 9.43. The molecule has 0 unspecified atom stereocenters. The average molecular weight is 430 g/mol. The number of carbonyl (C=O) groups is 1. The molecule has 0 bridgehead atoms. The summed E-state index contributed by atoms with van der Waals surface area (Å²) in [6, 6.07) is 12.9. The normalized spacial score (nSPS) is 14.6. The summed E-state index contributed by atoms with van der Waals surface area (Å²) in [5.41, 5.74) is 3.31. The van der Waals surface area contributed by atoms with Crippen molar-refractivity contribution in [2.24, 2.45) is 0 Å². The van der Waals surface area contributed by atoms with Crippen molar-refractivity contribution in [1.29, 1.82) is 0 Å². The van der Waals surface area contributed by atoms with Crippen LogP contribution in [-0.2, 0) is 16.6 Å². The molecule has 30 heavy (non-hydrogen) atoms. The Hall–Kier alpha value is -2.38. The Bertz CT molecular complexity index is 977. The maximum atomic E-state index is 12.8. The molecule has 1 fully saturated rings. The molecule has 0 atom stereocenters. The highest BCUT2D eigenvalue weighted by molar-refractivity contribution is 7.89. The van der Waals surface area contributed by atoms with Crippen molar-refractivity contribution < 1.29 is 13.2 Å². The van der Waals surface area contributed by atoms with Crippen molar-refractivity contribution in [3.05, 3.63) is 59.2 Å². The van der Waals surface area contributed by atoms with E-state index in [2.05, 4.69) is 36.2 Å². The van der Waals surface area contributed by atoms with Gasteiger partial charge in [-0.2, -0.15) is 4.31 Å². The van der Waals surface area contributed by atoms with Crippen molar-refractivity contribution in [1.82, 2.24) is 9.62 Å². The van der Waals surface area contributed by atoms with Crippen molar-refractivity contribution in [2.75, 3.05) is 31.1 Å². The lowest BCUT2D eigenvalue weighted by atomic mass is 10.1. The molecule has 0 aliphatic carbocycles. The molecule has 2 aromatic carbocycles. The molecular formula is C23H31N3O3S. The molecule has 1 aliphatic heterocycles. The fourth-order valence-electron chi connectivity index (χ4n) is 3.77. The molecule has 1 aliphatic rings. The minimum Gasteiger partial charge on any atom is -0.372 e. The van der Waals surface area contributed by atoms with Crippen LogP contribution < -0.4 is 10.2 Å². The van der Waals surface area contributed by atoms with E-state index in [1.807, 2.05) is 19.1 Å². The predicted molar refractivity (Wildman–Crippen MR) is 120 cm³/mol. The number of nitrogens with one attached hydrogen (secondary N) is 1. The first-order valence-corrected chi connectivity index (χ1v) is 12.0. The minimum absolute atomic E-state index is 0.184. The second kappa shape index (κ2) is 9.62. The smallest absolute Gasteiger partial charge is 0.251 e. The van der Waals surface area contributed by atoms with Crippen molar-refractivity contribution in [3.8, 4) is 0 Å². The summed E-state index contributed by atoms with van der Waals surface area (Å²) in [7, 11) is -3.55. The standard InChI is InChI=1S/C23H31N3O3S/c1-4-25(5-2)20-11-9-19(10-12-20)17-24-23(27)22-16-21(13-8-18(22)3)30(28,29)26-14-6-7-15-26/h8-13,16H,4-7,14-15,17H2,1-3H3,(H,24,27). The number of amides is 1. The van der Waals surface area contributed by atoms with Gasteiger partial charge in [-0.05, 0) is 69.0 Å². The molecule has 1 amide bonds. The number of hydrogen-bond acceptors (Lipinski definition) is 4. The number of sulfonamides is 1. The van der Waals surface area contributed by atoms with Gasteiger partial charge in [0, 0.05) is 44.0 Å². The van der Waals surface area contributed by atoms with E-state index in [-0.39, 0.29) is 10.8 Å². The van der Waals surface area contributed by atoms with Crippen molar-refractivity contribution in [3.63, 3.8) is 0 Å². The van der Waals surface area contributed by atoms with Gasteiger partial charge in [0.15, 0.2) is 0 Å². The third kappa shape index (κ3) is 4.84. The zero-order chi connectivity index (χ0) is 21.7. The third-order valence-electron chi connectivity index (χ3n) is 5.67. The lowest BCUT2D eigenvalue weighted by Gasteiger charge is -2.21. The van der Waals surface area contributed by atoms with Crippen LogP contribution in [-0.4, -0.2) is 44.8 Å². The Morgan fingerprint density at radius 2 is 1.67 bits per heavy atom. The Morgan fingerprint density at radius 1 is 1.03 bits per heavy atom. The fraction of sp³-hybridized carbons (Fsp3) is 0.435. The van der Waals surface area contributed by atoms with E-state index in [9.17, 15) is 13.2 Å². The number of carbonyl (C=O) groups excluding carboxylic acids is 1. The van der Waals surface area contributed by atoms with Gasteiger partial charge in [-0.1, -0.05) is 18.2 Å². The van der Waals surface area contributed by atoms with Gasteiger partial charge in [0.2, 0.25) is 10.0 Å². The molecule has 7 heteroatoms. The largest absolute Gasteiger partial charge is 0.372 e. The maximum absolute atomic E-state index is 12.8. The van der Waals surface area contributed by atoms with Crippen LogP contribution in [0.5, 0.6) is 0 Å². The fourth-order valence-corrected chi connectivity index (χ4v) is 5.32. The zero-order valence-corrected chi connectivity index (χ0v) is 18.8. The first-order valence-electron chi connectivity index (χ1n) is 10.6. The number of anilines is 1. The second-order valence-corrected chi connectivity index (χ2v) is 9.55. The monoisotopic (exact) mass is 429 g/mol. The highest BCUT2D eigenvalue weighted by Crippen LogP contribution is 2.23. The highest BCUT2D eigenvalue weighted by Gasteiger charge is 2.28. The molecule has 0 aromatic heterocycles. The van der Waals surface area contributed by atoms with E-state index in [1.165, 1.54) is 10.4 Å². The first kappa shape index (κ1) is 22.3. The highest BCUT2D eigenvalue weighted by atomic mass is 32.2. The van der Waals surface area contributed by atoms with E-state index < -0.39 is 10.0 Å². The summed E-state index contributed by atoms with van der Waals surface area (Å²) in [5, 5.41) is 2.92. The van der Waals surface area contributed by atoms with Gasteiger partial charge in [0.25, 0.3) is 5.91 Å². The van der Waals surface area contributed by atoms with E-state index in [0.29, 0.717) is 25.2 Å². The van der Waals surface area contributed by atoms with Gasteiger partial charge < -0.3 is 10.2 Å². The molecule has 0 spiro atoms. The van der Waals surface area contributed by atoms with Crippen LogP contribution >= 0.6 is 0 Å². The van der Waals surface area contributed by atoms with E-state index in [0.717, 1.165) is 42.7 Å². The molecule has 3 rings (SSSR count). The Morgan fingerprint density at radius 3 is 2.27 bits per heavy atom. The van der Waals surface area contributed by atoms with Gasteiger partial charge >= 0.3 is 0 Å². The molecule has 162 valence electrons. The van der Waals surface area contributed by atoms with Gasteiger partial charge in [0.05, 0.1) is 4.90 Å². The van der Waals surface area contributed by atoms with Crippen LogP contribution in [0.3, 0.4) is 0 Å². The minimum atomic E-state index is -3.55. The summed E-state index contributed by atoms with van der Waals surface area (Å²) in [6.07, 6.45) is 1.76. The van der Waals surface area contributed by atoms with Crippen molar-refractivity contribution in [2.45, 2.75) is 45.1 Å². The molecule has 1 heterocycles. The molecule has 1 N–H and O–H groups in total. The lowest BCUT2D eigenvalue weighted by Crippen LogP contribution is -2.29. The van der Waals surface area contributed by atoms with Crippen LogP contribution in [0.2, 0.25) is 0 Å². The van der Waals surface area contributed by atoms with Gasteiger partial charge in [-0.15, -0.1) is 0 Å². The number of rotatable bonds is 8. The van der Waals surface area contributed by atoms with Crippen LogP contribution in [0, 0.1) is 6.92 Å². The third-order valence-corrected chi connectivity index (χ3v) is 7.57. The van der Waals surface area contributed by atoms with E-state index in [4.69, 9.17) is 0 Å². The van der Waals surface area contributed by atoms with E-state index in [1.54, 1.807) is 12.1 Å². The summed E-state index contributed by atoms with van der Waals surface area (Å²) < 4.78 is 27.2. The number of nitrogens with zero attached hydrogens (tertiary/aromatic N) is 2. The Kier molecular flexibility index (Phi) is 7.15. The zero-order valence-electron chi connectivity index (χ0n) is 18.0. The predicted octanol–water partition coefficient (Wildman–Crippen LogP) is 3.56. The molecule has 6 nitrogen and oxygen atoms in total. The maximum Gasteiger partial charge on any atom is 0.251 e. The molecule has 2 aromatic rings. The quantitative estimate of drug-likeness (QED) is 0.697. The first-order chi connectivity index (χ1) is 14.4. The molecule has 1 saturated heterocycles. The second-order valence-electron chi connectivity index (χ2n) is 7.61. The van der Waals surface area contributed by atoms with Crippen LogP contribution in [0.25, 0.3) is 0 Å². The summed E-state index contributed by atoms with van der Waals surface area (Å²) >= 11 is 0. The van der Waals surface area contributed by atoms with Crippen LogP contribution in [0.15, 0.2) is 47.4 Å². The molecule has 0 radical (unpaired) electrons. The average Bonchev–Trinajstić information content (AvgIpc) is 3.30. The number of hydrogen-bond donors (Lipinski definition) is 1. The Balaban J connectivity index is 1.71. The van der Waals surface area contributed by atoms with Crippen molar-refractivity contribution >= 4 is 21.6 Å². The van der Waals surface area contributed by atoms with Gasteiger partial charge in [-0.3, -0.25) is 4.79 Å². The van der Waals surface area contributed by atoms with Crippen LogP contribution in [0.4, 0.5) is 5.69 Å². The summed E-state index contributed by atoms with van der Waals surface area (Å²) in [4.78, 5) is 15.2. The SMILES string of the molecule is CCN(CC)c1ccc(CNC(=O)c2cc(S(=O)(=O)N3CCCC3)ccc2C)cc1. The van der Waals surface area contributed by atoms with Crippen LogP contribution in [0.1, 0.15) is 48.2 Å². The topological polar surface area (TPSA) is 69.7 Å². The molecule has 0 saturated carbocycles. The van der Waals surface area contributed by atoms with E-state index >= 15 is 0 Å². The van der Waals surface area contributed by atoms with Gasteiger partial charge in [-0.25, -0.2) is 8.42 Å². The van der Waals surface area contributed by atoms with Gasteiger partial charge in [0.1, 0.15) is 0 Å². The molecular weight excluding hydrogens is 398 g/mol. The number of aryl methyl sites for hydroxylation is 1. The summed E-state index contributed by atoms with van der Waals surface area (Å²) in [5.74, 6) is -0.265. The number of benzene rings is 2. The lowest BCUT2D eigenvalue weighted by molar-refractivity contribution is 0.0950. The Labute approximate surface area is 179 Å².